The predicted octanol–water partition coefficient (Wildman–Crippen LogP) is 2.88. The van der Waals surface area contributed by atoms with Gasteiger partial charge >= 0.3 is 0 Å². The zero-order chi connectivity index (χ0) is 22.0. The number of fused-ring (bicyclic) bond motifs is 1. The van der Waals surface area contributed by atoms with E-state index in [0.29, 0.717) is 35.1 Å². The van der Waals surface area contributed by atoms with E-state index in [0.717, 1.165) is 12.8 Å². The number of aryl methyl sites for hydroxylation is 1. The van der Waals surface area contributed by atoms with Gasteiger partial charge in [-0.1, -0.05) is 23.7 Å². The van der Waals surface area contributed by atoms with E-state index in [1.165, 1.54) is 12.3 Å². The maximum absolute atomic E-state index is 13.1. The minimum absolute atomic E-state index is 0.0232. The van der Waals surface area contributed by atoms with Crippen LogP contribution in [-0.4, -0.2) is 40.5 Å². The van der Waals surface area contributed by atoms with E-state index >= 15 is 0 Å². The molecule has 1 aliphatic rings. The number of aromatic nitrogens is 2. The summed E-state index contributed by atoms with van der Waals surface area (Å²) in [4.78, 5) is 43.1. The number of pyridine rings is 2. The minimum Gasteiger partial charge on any atom is -0.376 e. The Balaban J connectivity index is 1.70. The lowest BCUT2D eigenvalue weighted by Gasteiger charge is -2.14. The van der Waals surface area contributed by atoms with Crippen molar-refractivity contribution < 1.29 is 14.3 Å². The minimum atomic E-state index is -0.455. The Kier molecular flexibility index (Phi) is 6.15. The van der Waals surface area contributed by atoms with Crippen molar-refractivity contribution in [3.8, 4) is 0 Å². The van der Waals surface area contributed by atoms with Crippen LogP contribution in [0.3, 0.4) is 0 Å². The summed E-state index contributed by atoms with van der Waals surface area (Å²) >= 11 is 6.01. The van der Waals surface area contributed by atoms with E-state index in [9.17, 15) is 14.4 Å². The van der Waals surface area contributed by atoms with E-state index in [1.807, 2.05) is 0 Å². The van der Waals surface area contributed by atoms with Gasteiger partial charge in [0.1, 0.15) is 12.2 Å². The van der Waals surface area contributed by atoms with E-state index in [2.05, 4.69) is 10.3 Å². The molecule has 1 amide bonds. The van der Waals surface area contributed by atoms with Crippen LogP contribution in [-0.2, 0) is 16.1 Å². The number of carbonyl (C=O) groups is 2. The zero-order valence-electron chi connectivity index (χ0n) is 17.1. The van der Waals surface area contributed by atoms with Gasteiger partial charge in [-0.3, -0.25) is 14.4 Å². The molecular formula is C23H22ClN3O4. The second-order valence-electron chi connectivity index (χ2n) is 7.60. The van der Waals surface area contributed by atoms with Crippen LogP contribution in [0.2, 0.25) is 5.02 Å². The van der Waals surface area contributed by atoms with Gasteiger partial charge in [-0.25, -0.2) is 4.98 Å². The normalized spacial score (nSPS) is 15.9. The number of ketones is 1. The maximum atomic E-state index is 13.1. The molecule has 31 heavy (non-hydrogen) atoms. The Morgan fingerprint density at radius 3 is 2.87 bits per heavy atom. The average molecular weight is 440 g/mol. The molecular weight excluding hydrogens is 418 g/mol. The third-order valence-electron chi connectivity index (χ3n) is 5.26. The van der Waals surface area contributed by atoms with Gasteiger partial charge in [0.25, 0.3) is 0 Å². The number of carbonyl (C=O) groups excluding carboxylic acids is 2. The van der Waals surface area contributed by atoms with Crippen molar-refractivity contribution in [3.05, 3.63) is 74.7 Å². The molecule has 4 rings (SSSR count). The molecule has 3 heterocycles. The zero-order valence-corrected chi connectivity index (χ0v) is 17.8. The van der Waals surface area contributed by atoms with Gasteiger partial charge in [-0.05, 0) is 44.0 Å². The topological polar surface area (TPSA) is 90.3 Å². The van der Waals surface area contributed by atoms with Crippen molar-refractivity contribution in [2.75, 3.05) is 13.2 Å². The summed E-state index contributed by atoms with van der Waals surface area (Å²) in [5.41, 5.74) is 0.906. The third-order valence-corrected chi connectivity index (χ3v) is 5.49. The number of nitrogens with zero attached hydrogens (tertiary/aromatic N) is 2. The fourth-order valence-electron chi connectivity index (χ4n) is 3.67. The van der Waals surface area contributed by atoms with Crippen LogP contribution in [0.4, 0.5) is 0 Å². The molecule has 8 heteroatoms. The van der Waals surface area contributed by atoms with E-state index in [4.69, 9.17) is 16.3 Å². The molecule has 1 atom stereocenters. The molecule has 0 radical (unpaired) electrons. The summed E-state index contributed by atoms with van der Waals surface area (Å²) in [6, 6.07) is 9.76. The van der Waals surface area contributed by atoms with E-state index in [-0.39, 0.29) is 29.5 Å². The first kappa shape index (κ1) is 21.2. The smallest absolute Gasteiger partial charge is 0.240 e. The van der Waals surface area contributed by atoms with Crippen molar-refractivity contribution in [3.63, 3.8) is 0 Å². The van der Waals surface area contributed by atoms with Crippen molar-refractivity contribution in [2.24, 2.45) is 0 Å². The Hall–Kier alpha value is -3.03. The fourth-order valence-corrected chi connectivity index (χ4v) is 3.86. The highest BCUT2D eigenvalue weighted by molar-refractivity contribution is 6.31. The fraction of sp³-hybridized carbons (Fsp3) is 0.304. The quantitative estimate of drug-likeness (QED) is 0.596. The van der Waals surface area contributed by atoms with Gasteiger partial charge in [-0.15, -0.1) is 0 Å². The number of hydrogen-bond donors (Lipinski definition) is 1. The molecule has 0 unspecified atom stereocenters. The lowest BCUT2D eigenvalue weighted by Crippen LogP contribution is -2.34. The van der Waals surface area contributed by atoms with Gasteiger partial charge in [0, 0.05) is 35.6 Å². The predicted molar refractivity (Wildman–Crippen MR) is 118 cm³/mol. The molecule has 2 aromatic heterocycles. The first-order chi connectivity index (χ1) is 14.9. The van der Waals surface area contributed by atoms with Crippen LogP contribution in [0.1, 0.15) is 34.5 Å². The maximum Gasteiger partial charge on any atom is 0.240 e. The summed E-state index contributed by atoms with van der Waals surface area (Å²) < 4.78 is 7.08. The highest BCUT2D eigenvalue weighted by Gasteiger charge is 2.20. The monoisotopic (exact) mass is 439 g/mol. The molecule has 0 saturated carbocycles. The van der Waals surface area contributed by atoms with Gasteiger partial charge in [0.2, 0.25) is 11.3 Å². The van der Waals surface area contributed by atoms with E-state index in [1.54, 1.807) is 41.8 Å². The number of rotatable bonds is 6. The molecule has 1 aromatic carbocycles. The molecule has 3 aromatic rings. The second kappa shape index (κ2) is 8.99. The second-order valence-corrected chi connectivity index (χ2v) is 8.04. The average Bonchev–Trinajstić information content (AvgIpc) is 3.27. The van der Waals surface area contributed by atoms with Crippen LogP contribution in [0.15, 0.2) is 47.4 Å². The van der Waals surface area contributed by atoms with Crippen LogP contribution in [0.25, 0.3) is 11.0 Å². The first-order valence-corrected chi connectivity index (χ1v) is 10.5. The Labute approximate surface area is 184 Å². The highest BCUT2D eigenvalue weighted by atomic mass is 35.5. The van der Waals surface area contributed by atoms with Crippen LogP contribution in [0.5, 0.6) is 0 Å². The van der Waals surface area contributed by atoms with Gasteiger partial charge in [-0.2, -0.15) is 0 Å². The molecule has 0 aliphatic carbocycles. The summed E-state index contributed by atoms with van der Waals surface area (Å²) in [6.45, 7) is 2.87. The van der Waals surface area contributed by atoms with Gasteiger partial charge < -0.3 is 14.6 Å². The Morgan fingerprint density at radius 1 is 1.29 bits per heavy atom. The van der Waals surface area contributed by atoms with Gasteiger partial charge in [0.05, 0.1) is 17.1 Å². The standard InChI is InChI=1S/C23H22ClN3O4/c1-14-7-8-18-22(30)19(21(29)15-4-2-5-16(24)10-15)12-27(23(18)26-14)13-20(28)25-11-17-6-3-9-31-17/h2,4-5,7-8,10,12,17H,3,6,9,11,13H2,1H3,(H,25,28)/t17-/m1/s1. The SMILES string of the molecule is Cc1ccc2c(=O)c(C(=O)c3cccc(Cl)c3)cn(CC(=O)NC[C@H]3CCCO3)c2n1. The molecule has 1 fully saturated rings. The van der Waals surface area contributed by atoms with Crippen molar-refractivity contribution in [1.82, 2.24) is 14.9 Å². The first-order valence-electron chi connectivity index (χ1n) is 10.1. The number of ether oxygens (including phenoxy) is 1. The van der Waals surface area contributed by atoms with Crippen molar-refractivity contribution in [1.29, 1.82) is 0 Å². The van der Waals surface area contributed by atoms with Crippen LogP contribution < -0.4 is 10.7 Å². The molecule has 0 spiro atoms. The summed E-state index contributed by atoms with van der Waals surface area (Å²) in [6.07, 6.45) is 3.34. The van der Waals surface area contributed by atoms with Crippen molar-refractivity contribution in [2.45, 2.75) is 32.4 Å². The van der Waals surface area contributed by atoms with Crippen LogP contribution >= 0.6 is 11.6 Å². The molecule has 1 aliphatic heterocycles. The van der Waals surface area contributed by atoms with E-state index < -0.39 is 11.2 Å². The Bertz CT molecular complexity index is 1220. The number of nitrogens with one attached hydrogen (secondary N) is 1. The third kappa shape index (κ3) is 4.68. The summed E-state index contributed by atoms with van der Waals surface area (Å²) in [7, 11) is 0. The van der Waals surface area contributed by atoms with Gasteiger partial charge in [0.15, 0.2) is 5.78 Å². The molecule has 1 N–H and O–H groups in total. The molecule has 1 saturated heterocycles. The summed E-state index contributed by atoms with van der Waals surface area (Å²) in [5, 5.41) is 3.55. The molecule has 160 valence electrons. The largest absolute Gasteiger partial charge is 0.376 e. The lowest BCUT2D eigenvalue weighted by molar-refractivity contribution is -0.122. The summed E-state index contributed by atoms with van der Waals surface area (Å²) in [5.74, 6) is -0.701. The Morgan fingerprint density at radius 2 is 2.13 bits per heavy atom. The molecule has 0 bridgehead atoms. The van der Waals surface area contributed by atoms with Crippen molar-refractivity contribution >= 4 is 34.3 Å². The van der Waals surface area contributed by atoms with Crippen LogP contribution in [0, 0.1) is 6.92 Å². The molecule has 7 nitrogen and oxygen atoms in total. The number of halogens is 1. The number of benzene rings is 1. The number of amides is 1. The number of hydrogen-bond acceptors (Lipinski definition) is 5. The lowest BCUT2D eigenvalue weighted by atomic mass is 10.0. The highest BCUT2D eigenvalue weighted by Crippen LogP contribution is 2.17.